The minimum atomic E-state index is -3.36. The Kier molecular flexibility index (Phi) is 4.59. The van der Waals surface area contributed by atoms with Crippen LogP contribution in [0, 0.1) is 5.41 Å². The van der Waals surface area contributed by atoms with Crippen LogP contribution < -0.4 is 5.73 Å². The zero-order valence-corrected chi connectivity index (χ0v) is 10.4. The molecule has 0 aliphatic heterocycles. The standard InChI is InChI=1S/C10H16N4O2S/c1-14(8-10(11)12)17(15,16)7-4-9-2-5-13-6-3-9/h2-3,5-6H,4,7-8H2,1H3,(H3,11,12). The average Bonchev–Trinajstić information content (AvgIpc) is 2.27. The SMILES string of the molecule is CN(CC(=N)N)S(=O)(=O)CCc1ccncc1. The van der Waals surface area contributed by atoms with Crippen molar-refractivity contribution in [3.8, 4) is 0 Å². The highest BCUT2D eigenvalue weighted by Gasteiger charge is 2.18. The maximum atomic E-state index is 11.8. The second kappa shape index (κ2) is 5.74. The number of sulfonamides is 1. The van der Waals surface area contributed by atoms with Gasteiger partial charge in [0.05, 0.1) is 12.3 Å². The van der Waals surface area contributed by atoms with Crippen LogP contribution >= 0.6 is 0 Å². The van der Waals surface area contributed by atoms with Crippen LogP contribution in [0.5, 0.6) is 0 Å². The van der Waals surface area contributed by atoms with E-state index in [1.54, 1.807) is 24.5 Å². The summed E-state index contributed by atoms with van der Waals surface area (Å²) in [5.41, 5.74) is 6.08. The molecule has 0 bridgehead atoms. The summed E-state index contributed by atoms with van der Waals surface area (Å²) in [5.74, 6) is -0.166. The molecule has 6 nitrogen and oxygen atoms in total. The molecule has 94 valence electrons. The number of nitrogens with two attached hydrogens (primary N) is 1. The molecule has 1 aromatic rings. The summed E-state index contributed by atoms with van der Waals surface area (Å²) in [4.78, 5) is 3.86. The fourth-order valence-corrected chi connectivity index (χ4v) is 2.43. The fraction of sp³-hybridized carbons (Fsp3) is 0.400. The van der Waals surface area contributed by atoms with Crippen molar-refractivity contribution in [2.45, 2.75) is 6.42 Å². The lowest BCUT2D eigenvalue weighted by Gasteiger charge is -2.15. The molecule has 0 saturated carbocycles. The molecule has 3 N–H and O–H groups in total. The molecule has 0 atom stereocenters. The first-order valence-electron chi connectivity index (χ1n) is 5.07. The number of nitrogens with zero attached hydrogens (tertiary/aromatic N) is 2. The Morgan fingerprint density at radius 1 is 1.47 bits per heavy atom. The number of hydrogen-bond donors (Lipinski definition) is 2. The molecule has 0 aliphatic rings. The molecule has 0 unspecified atom stereocenters. The average molecular weight is 256 g/mol. The third-order valence-electron chi connectivity index (χ3n) is 2.27. The molecular formula is C10H16N4O2S. The van der Waals surface area contributed by atoms with E-state index in [0.29, 0.717) is 6.42 Å². The maximum Gasteiger partial charge on any atom is 0.214 e. The van der Waals surface area contributed by atoms with E-state index in [-0.39, 0.29) is 18.1 Å². The third-order valence-corrected chi connectivity index (χ3v) is 4.06. The van der Waals surface area contributed by atoms with Gasteiger partial charge in [-0.25, -0.2) is 8.42 Å². The van der Waals surface area contributed by atoms with E-state index < -0.39 is 10.0 Å². The number of pyridine rings is 1. The molecule has 17 heavy (non-hydrogen) atoms. The zero-order chi connectivity index (χ0) is 12.9. The number of aryl methyl sites for hydroxylation is 1. The normalized spacial score (nSPS) is 11.6. The van der Waals surface area contributed by atoms with Crippen molar-refractivity contribution in [2.75, 3.05) is 19.3 Å². The number of hydrogen-bond acceptors (Lipinski definition) is 4. The quantitative estimate of drug-likeness (QED) is 0.544. The maximum absolute atomic E-state index is 11.8. The molecule has 0 radical (unpaired) electrons. The summed E-state index contributed by atoms with van der Waals surface area (Å²) in [6, 6.07) is 3.56. The van der Waals surface area contributed by atoms with Crippen molar-refractivity contribution in [1.29, 1.82) is 5.41 Å². The van der Waals surface area contributed by atoms with Crippen LogP contribution in [0.3, 0.4) is 0 Å². The Labute approximate surface area is 101 Å². The molecule has 0 aromatic carbocycles. The van der Waals surface area contributed by atoms with Gasteiger partial charge in [-0.15, -0.1) is 0 Å². The smallest absolute Gasteiger partial charge is 0.214 e. The second-order valence-corrected chi connectivity index (χ2v) is 5.90. The van der Waals surface area contributed by atoms with Crippen LogP contribution in [0.1, 0.15) is 5.56 Å². The lowest BCUT2D eigenvalue weighted by Crippen LogP contribution is -2.36. The minimum absolute atomic E-state index is 0.000787. The van der Waals surface area contributed by atoms with Crippen LogP contribution in [0.25, 0.3) is 0 Å². The molecule has 0 spiro atoms. The summed E-state index contributed by atoms with van der Waals surface area (Å²) in [6.07, 6.45) is 3.68. The second-order valence-electron chi connectivity index (χ2n) is 3.70. The van der Waals surface area contributed by atoms with E-state index >= 15 is 0 Å². The predicted octanol–water partition coefficient (Wildman–Crippen LogP) is -0.178. The number of rotatable bonds is 6. The third kappa shape index (κ3) is 4.49. The van der Waals surface area contributed by atoms with Crippen molar-refractivity contribution in [3.63, 3.8) is 0 Å². The van der Waals surface area contributed by atoms with Crippen molar-refractivity contribution < 1.29 is 8.42 Å². The van der Waals surface area contributed by atoms with Gasteiger partial charge in [0.1, 0.15) is 5.84 Å². The van der Waals surface area contributed by atoms with Crippen molar-refractivity contribution >= 4 is 15.9 Å². The van der Waals surface area contributed by atoms with Crippen LogP contribution in [-0.2, 0) is 16.4 Å². The monoisotopic (exact) mass is 256 g/mol. The van der Waals surface area contributed by atoms with Gasteiger partial charge in [-0.1, -0.05) is 0 Å². The van der Waals surface area contributed by atoms with Crippen LogP contribution in [0.15, 0.2) is 24.5 Å². The number of amidine groups is 1. The van der Waals surface area contributed by atoms with Gasteiger partial charge in [-0.2, -0.15) is 4.31 Å². The summed E-state index contributed by atoms with van der Waals surface area (Å²) in [6.45, 7) is -0.0708. The van der Waals surface area contributed by atoms with Crippen molar-refractivity contribution in [2.24, 2.45) is 5.73 Å². The molecule has 0 fully saturated rings. The Morgan fingerprint density at radius 2 is 2.06 bits per heavy atom. The highest BCUT2D eigenvalue weighted by Crippen LogP contribution is 2.04. The molecular weight excluding hydrogens is 240 g/mol. The van der Waals surface area contributed by atoms with E-state index in [9.17, 15) is 8.42 Å². The first-order valence-corrected chi connectivity index (χ1v) is 6.68. The summed E-state index contributed by atoms with van der Waals surface area (Å²) in [5, 5.41) is 7.06. The van der Waals surface area contributed by atoms with Crippen molar-refractivity contribution in [3.05, 3.63) is 30.1 Å². The van der Waals surface area contributed by atoms with Gasteiger partial charge in [0.2, 0.25) is 10.0 Å². The number of likely N-dealkylation sites (N-methyl/N-ethyl adjacent to an activating group) is 1. The molecule has 0 amide bonds. The number of nitrogens with one attached hydrogen (secondary N) is 1. The highest BCUT2D eigenvalue weighted by atomic mass is 32.2. The summed E-state index contributed by atoms with van der Waals surface area (Å²) in [7, 11) is -1.94. The highest BCUT2D eigenvalue weighted by molar-refractivity contribution is 7.89. The van der Waals surface area contributed by atoms with Gasteiger partial charge in [0.25, 0.3) is 0 Å². The van der Waals surface area contributed by atoms with Gasteiger partial charge in [-0.3, -0.25) is 10.4 Å². The van der Waals surface area contributed by atoms with Gasteiger partial charge in [-0.05, 0) is 24.1 Å². The Bertz CT molecular complexity index is 472. The first-order chi connectivity index (χ1) is 7.92. The van der Waals surface area contributed by atoms with Gasteiger partial charge in [0, 0.05) is 19.4 Å². The molecule has 1 aromatic heterocycles. The van der Waals surface area contributed by atoms with Gasteiger partial charge in [0.15, 0.2) is 0 Å². The summed E-state index contributed by atoms with van der Waals surface area (Å²) < 4.78 is 24.7. The van der Waals surface area contributed by atoms with E-state index in [1.807, 2.05) is 0 Å². The first kappa shape index (κ1) is 13.6. The lowest BCUT2D eigenvalue weighted by atomic mass is 10.2. The van der Waals surface area contributed by atoms with E-state index in [4.69, 9.17) is 11.1 Å². The zero-order valence-electron chi connectivity index (χ0n) is 9.63. The molecule has 1 rings (SSSR count). The van der Waals surface area contributed by atoms with E-state index in [0.717, 1.165) is 9.87 Å². The molecule has 7 heteroatoms. The van der Waals surface area contributed by atoms with Gasteiger partial charge < -0.3 is 5.73 Å². The fourth-order valence-electron chi connectivity index (χ4n) is 1.29. The number of aromatic nitrogens is 1. The summed E-state index contributed by atoms with van der Waals surface area (Å²) >= 11 is 0. The Balaban J connectivity index is 2.59. The molecule has 0 saturated heterocycles. The lowest BCUT2D eigenvalue weighted by molar-refractivity contribution is 0.504. The van der Waals surface area contributed by atoms with Crippen LogP contribution in [0.2, 0.25) is 0 Å². The van der Waals surface area contributed by atoms with E-state index in [2.05, 4.69) is 4.98 Å². The van der Waals surface area contributed by atoms with Crippen molar-refractivity contribution in [1.82, 2.24) is 9.29 Å². The topological polar surface area (TPSA) is 100 Å². The minimum Gasteiger partial charge on any atom is -0.387 e. The van der Waals surface area contributed by atoms with Crippen LogP contribution in [-0.4, -0.2) is 42.9 Å². The largest absolute Gasteiger partial charge is 0.387 e. The van der Waals surface area contributed by atoms with Gasteiger partial charge >= 0.3 is 0 Å². The molecule has 1 heterocycles. The Hall–Kier alpha value is -1.47. The Morgan fingerprint density at radius 3 is 2.59 bits per heavy atom. The van der Waals surface area contributed by atoms with E-state index in [1.165, 1.54) is 7.05 Å². The predicted molar refractivity (Wildman–Crippen MR) is 66.3 cm³/mol. The van der Waals surface area contributed by atoms with Crippen LogP contribution in [0.4, 0.5) is 0 Å². The molecule has 0 aliphatic carbocycles.